The van der Waals surface area contributed by atoms with Crippen molar-refractivity contribution in [2.24, 2.45) is 11.8 Å². The van der Waals surface area contributed by atoms with Crippen LogP contribution in [-0.4, -0.2) is 47.2 Å². The number of likely N-dealkylation sites (tertiary alicyclic amines) is 1. The fourth-order valence-electron chi connectivity index (χ4n) is 3.55. The Balaban J connectivity index is 1.92. The lowest BCUT2D eigenvalue weighted by molar-refractivity contribution is -0.140. The predicted molar refractivity (Wildman–Crippen MR) is 83.8 cm³/mol. The molecule has 2 unspecified atom stereocenters. The van der Waals surface area contributed by atoms with E-state index in [0.717, 1.165) is 25.7 Å². The molecule has 1 aliphatic carbocycles. The van der Waals surface area contributed by atoms with Crippen molar-refractivity contribution in [1.82, 2.24) is 9.80 Å². The first-order valence-electron chi connectivity index (χ1n) is 8.47. The Morgan fingerprint density at radius 1 is 1.04 bits per heavy atom. The molecule has 128 valence electrons. The summed E-state index contributed by atoms with van der Waals surface area (Å²) < 4.78 is 0. The van der Waals surface area contributed by atoms with Gasteiger partial charge in [0.05, 0.1) is 36.8 Å². The van der Waals surface area contributed by atoms with Crippen LogP contribution >= 0.6 is 0 Å². The molecule has 7 nitrogen and oxygen atoms in total. The second-order valence-electron chi connectivity index (χ2n) is 6.27. The summed E-state index contributed by atoms with van der Waals surface area (Å²) in [6.07, 6.45) is 3.91. The van der Waals surface area contributed by atoms with Crippen molar-refractivity contribution < 1.29 is 14.4 Å². The summed E-state index contributed by atoms with van der Waals surface area (Å²) in [7, 11) is 0. The van der Waals surface area contributed by atoms with Crippen LogP contribution in [0.15, 0.2) is 0 Å². The number of amides is 3. The summed E-state index contributed by atoms with van der Waals surface area (Å²) in [5.41, 5.74) is 0. The summed E-state index contributed by atoms with van der Waals surface area (Å²) in [5.74, 6) is -0.906. The molecule has 24 heavy (non-hydrogen) atoms. The lowest BCUT2D eigenvalue weighted by Gasteiger charge is -2.22. The van der Waals surface area contributed by atoms with Gasteiger partial charge >= 0.3 is 0 Å². The smallest absolute Gasteiger partial charge is 0.233 e. The van der Waals surface area contributed by atoms with Crippen LogP contribution in [0.1, 0.15) is 44.9 Å². The molecule has 1 saturated carbocycles. The molecule has 0 radical (unpaired) electrons. The van der Waals surface area contributed by atoms with Gasteiger partial charge in [-0.2, -0.15) is 10.5 Å². The molecule has 2 atom stereocenters. The Morgan fingerprint density at radius 2 is 1.54 bits per heavy atom. The van der Waals surface area contributed by atoms with Gasteiger partial charge in [0.25, 0.3) is 0 Å². The third-order valence-electron chi connectivity index (χ3n) is 4.82. The normalized spacial score (nSPS) is 22.7. The van der Waals surface area contributed by atoms with E-state index in [1.165, 1.54) is 9.80 Å². The average Bonchev–Trinajstić information content (AvgIpc) is 2.84. The van der Waals surface area contributed by atoms with Gasteiger partial charge in [-0.05, 0) is 12.8 Å². The van der Waals surface area contributed by atoms with Gasteiger partial charge in [-0.25, -0.2) is 0 Å². The van der Waals surface area contributed by atoms with E-state index in [9.17, 15) is 14.4 Å². The van der Waals surface area contributed by atoms with Crippen molar-refractivity contribution in [2.75, 3.05) is 19.6 Å². The highest BCUT2D eigenvalue weighted by Crippen LogP contribution is 2.37. The maximum atomic E-state index is 12.4. The Morgan fingerprint density at radius 3 is 2.00 bits per heavy atom. The van der Waals surface area contributed by atoms with Crippen molar-refractivity contribution >= 4 is 17.7 Å². The molecule has 0 aromatic rings. The molecule has 3 amide bonds. The Kier molecular flexibility index (Phi) is 6.31. The minimum Gasteiger partial charge on any atom is -0.341 e. The van der Waals surface area contributed by atoms with Crippen LogP contribution in [0.3, 0.4) is 0 Å². The standard InChI is InChI=1S/C17H22N4O3/c18-8-3-10-20(11-4-9-19)15(22)7-12-21-16(23)13-5-1-2-6-14(13)17(21)24/h13-14H,1-7,10-12H2. The molecule has 2 aliphatic rings. The summed E-state index contributed by atoms with van der Waals surface area (Å²) in [6, 6.07) is 3.96. The van der Waals surface area contributed by atoms with E-state index in [-0.39, 0.29) is 68.5 Å². The molecular formula is C17H22N4O3. The third kappa shape index (κ3) is 3.91. The highest BCUT2D eigenvalue weighted by atomic mass is 16.2. The van der Waals surface area contributed by atoms with Crippen LogP contribution in [-0.2, 0) is 14.4 Å². The van der Waals surface area contributed by atoms with Crippen LogP contribution in [0.25, 0.3) is 0 Å². The van der Waals surface area contributed by atoms with E-state index in [1.807, 2.05) is 12.1 Å². The van der Waals surface area contributed by atoms with E-state index >= 15 is 0 Å². The number of hydrogen-bond donors (Lipinski definition) is 0. The number of nitriles is 2. The third-order valence-corrected chi connectivity index (χ3v) is 4.82. The number of fused-ring (bicyclic) bond motifs is 1. The molecule has 1 heterocycles. The first-order valence-corrected chi connectivity index (χ1v) is 8.47. The predicted octanol–water partition coefficient (Wildman–Crippen LogP) is 1.21. The molecule has 7 heteroatoms. The van der Waals surface area contributed by atoms with Crippen LogP contribution in [0.5, 0.6) is 0 Å². The maximum Gasteiger partial charge on any atom is 0.233 e. The Hall–Kier alpha value is -2.41. The zero-order valence-electron chi connectivity index (χ0n) is 13.7. The minimum atomic E-state index is -0.226. The summed E-state index contributed by atoms with van der Waals surface area (Å²) in [5, 5.41) is 17.3. The molecule has 0 aromatic carbocycles. The molecule has 0 aromatic heterocycles. The van der Waals surface area contributed by atoms with Crippen LogP contribution < -0.4 is 0 Å². The molecule has 0 N–H and O–H groups in total. The fraction of sp³-hybridized carbons (Fsp3) is 0.706. The van der Waals surface area contributed by atoms with E-state index in [1.54, 1.807) is 0 Å². The number of carbonyl (C=O) groups excluding carboxylic acids is 3. The molecular weight excluding hydrogens is 308 g/mol. The number of carbonyl (C=O) groups is 3. The number of imide groups is 1. The molecule has 0 spiro atoms. The van der Waals surface area contributed by atoms with Gasteiger partial charge in [-0.15, -0.1) is 0 Å². The van der Waals surface area contributed by atoms with Gasteiger partial charge in [0.2, 0.25) is 17.7 Å². The van der Waals surface area contributed by atoms with Gasteiger partial charge in [0.15, 0.2) is 0 Å². The molecule has 2 rings (SSSR count). The quantitative estimate of drug-likeness (QED) is 0.652. The van der Waals surface area contributed by atoms with E-state index in [4.69, 9.17) is 10.5 Å². The fourth-order valence-corrected chi connectivity index (χ4v) is 3.55. The number of hydrogen-bond acceptors (Lipinski definition) is 5. The van der Waals surface area contributed by atoms with Gasteiger partial charge in [-0.3, -0.25) is 19.3 Å². The zero-order valence-corrected chi connectivity index (χ0v) is 13.7. The molecule has 1 saturated heterocycles. The lowest BCUT2D eigenvalue weighted by atomic mass is 9.81. The van der Waals surface area contributed by atoms with E-state index in [2.05, 4.69) is 0 Å². The van der Waals surface area contributed by atoms with Crippen molar-refractivity contribution in [3.63, 3.8) is 0 Å². The average molecular weight is 330 g/mol. The van der Waals surface area contributed by atoms with Crippen molar-refractivity contribution in [2.45, 2.75) is 44.9 Å². The largest absolute Gasteiger partial charge is 0.341 e. The molecule has 2 fully saturated rings. The van der Waals surface area contributed by atoms with Crippen molar-refractivity contribution in [1.29, 1.82) is 10.5 Å². The molecule has 0 bridgehead atoms. The maximum absolute atomic E-state index is 12.4. The van der Waals surface area contributed by atoms with Crippen molar-refractivity contribution in [3.05, 3.63) is 0 Å². The summed E-state index contributed by atoms with van der Waals surface area (Å²) in [4.78, 5) is 39.7. The van der Waals surface area contributed by atoms with Gasteiger partial charge < -0.3 is 4.90 Å². The van der Waals surface area contributed by atoms with Gasteiger partial charge in [-0.1, -0.05) is 12.8 Å². The second kappa shape index (κ2) is 8.44. The topological polar surface area (TPSA) is 105 Å². The van der Waals surface area contributed by atoms with Gasteiger partial charge in [0, 0.05) is 26.1 Å². The van der Waals surface area contributed by atoms with E-state index in [0.29, 0.717) is 0 Å². The first kappa shape index (κ1) is 17.9. The summed E-state index contributed by atoms with van der Waals surface area (Å²) >= 11 is 0. The number of rotatable bonds is 7. The molecule has 1 aliphatic heterocycles. The highest BCUT2D eigenvalue weighted by molar-refractivity contribution is 6.05. The Labute approximate surface area is 141 Å². The number of nitrogens with zero attached hydrogens (tertiary/aromatic N) is 4. The van der Waals surface area contributed by atoms with Gasteiger partial charge in [0.1, 0.15) is 0 Å². The second-order valence-corrected chi connectivity index (χ2v) is 6.27. The lowest BCUT2D eigenvalue weighted by Crippen LogP contribution is -2.38. The van der Waals surface area contributed by atoms with Crippen LogP contribution in [0.4, 0.5) is 0 Å². The van der Waals surface area contributed by atoms with E-state index < -0.39 is 0 Å². The SMILES string of the molecule is N#CCCN(CCC#N)C(=O)CCN1C(=O)C2CCCCC2C1=O. The van der Waals surface area contributed by atoms with Crippen molar-refractivity contribution in [3.8, 4) is 12.1 Å². The summed E-state index contributed by atoms with van der Waals surface area (Å²) in [6.45, 7) is 0.632. The Bertz CT molecular complexity index is 548. The monoisotopic (exact) mass is 330 g/mol. The minimum absolute atomic E-state index is 0.0494. The first-order chi connectivity index (χ1) is 11.6. The van der Waals surface area contributed by atoms with Crippen LogP contribution in [0, 0.1) is 34.5 Å². The zero-order chi connectivity index (χ0) is 17.5. The highest BCUT2D eigenvalue weighted by Gasteiger charge is 2.47. The van der Waals surface area contributed by atoms with Crippen LogP contribution in [0.2, 0.25) is 0 Å².